The summed E-state index contributed by atoms with van der Waals surface area (Å²) in [4.78, 5) is 26.2. The second kappa shape index (κ2) is 7.15. The van der Waals surface area contributed by atoms with Crippen molar-refractivity contribution in [3.8, 4) is 11.1 Å². The lowest BCUT2D eigenvalue weighted by atomic mass is 10.00. The molecule has 1 aliphatic heterocycles. The van der Waals surface area contributed by atoms with Crippen molar-refractivity contribution in [2.24, 2.45) is 5.92 Å². The average Bonchev–Trinajstić information content (AvgIpc) is 2.94. The minimum atomic E-state index is -0.427. The van der Waals surface area contributed by atoms with E-state index in [4.69, 9.17) is 10.5 Å². The van der Waals surface area contributed by atoms with Gasteiger partial charge in [0, 0.05) is 29.9 Å². The third kappa shape index (κ3) is 3.27. The molecule has 0 saturated heterocycles. The minimum absolute atomic E-state index is 0.153. The molecule has 0 aliphatic carbocycles. The van der Waals surface area contributed by atoms with Crippen molar-refractivity contribution in [1.29, 1.82) is 0 Å². The van der Waals surface area contributed by atoms with E-state index in [0.29, 0.717) is 41.9 Å². The van der Waals surface area contributed by atoms with Crippen molar-refractivity contribution in [3.05, 3.63) is 53.3 Å². The normalized spacial score (nSPS) is 14.3. The molecule has 0 radical (unpaired) electrons. The molecular formula is C20H21FN2O3. The molecule has 2 aromatic rings. The van der Waals surface area contributed by atoms with E-state index in [-0.39, 0.29) is 17.8 Å². The van der Waals surface area contributed by atoms with Gasteiger partial charge in [-0.05, 0) is 41.8 Å². The molecule has 1 atom stereocenters. The van der Waals surface area contributed by atoms with E-state index in [1.54, 1.807) is 29.2 Å². The van der Waals surface area contributed by atoms with Gasteiger partial charge in [0.05, 0.1) is 13.0 Å². The number of nitrogens with zero attached hydrogens (tertiary/aromatic N) is 1. The standard InChI is InChI=1S/C20H21FN2O3/c1-3-12(20(25)26-2)10-23-11-14-5-4-13(8-17(14)19(23)24)16-7-6-15(22)9-18(16)21/h4-9,12H,3,10-11,22H2,1-2H3/t12-/m0/s1. The quantitative estimate of drug-likeness (QED) is 0.659. The van der Waals surface area contributed by atoms with Crippen molar-refractivity contribution in [2.75, 3.05) is 19.4 Å². The Balaban J connectivity index is 1.86. The average molecular weight is 356 g/mol. The predicted octanol–water partition coefficient (Wildman–Crippen LogP) is 3.23. The van der Waals surface area contributed by atoms with Crippen LogP contribution in [0.15, 0.2) is 36.4 Å². The van der Waals surface area contributed by atoms with Crippen molar-refractivity contribution in [1.82, 2.24) is 4.90 Å². The van der Waals surface area contributed by atoms with Gasteiger partial charge in [-0.25, -0.2) is 4.39 Å². The van der Waals surface area contributed by atoms with Crippen molar-refractivity contribution < 1.29 is 18.7 Å². The van der Waals surface area contributed by atoms with Crippen LogP contribution >= 0.6 is 0 Å². The number of nitrogen functional groups attached to an aromatic ring is 1. The number of rotatable bonds is 5. The molecule has 2 aromatic carbocycles. The van der Waals surface area contributed by atoms with E-state index in [2.05, 4.69) is 0 Å². The van der Waals surface area contributed by atoms with E-state index < -0.39 is 5.82 Å². The Morgan fingerprint density at radius 1 is 1.27 bits per heavy atom. The van der Waals surface area contributed by atoms with E-state index in [1.165, 1.54) is 13.2 Å². The molecule has 2 N–H and O–H groups in total. The zero-order valence-electron chi connectivity index (χ0n) is 14.8. The summed E-state index contributed by atoms with van der Waals surface area (Å²) in [6.07, 6.45) is 0.592. The lowest BCUT2D eigenvalue weighted by Crippen LogP contribution is -2.33. The van der Waals surface area contributed by atoms with Gasteiger partial charge in [0.15, 0.2) is 0 Å². The van der Waals surface area contributed by atoms with E-state index in [9.17, 15) is 14.0 Å². The molecule has 1 amide bonds. The molecule has 0 unspecified atom stereocenters. The molecule has 0 spiro atoms. The van der Waals surface area contributed by atoms with E-state index >= 15 is 0 Å². The second-order valence-corrected chi connectivity index (χ2v) is 6.43. The highest BCUT2D eigenvalue weighted by atomic mass is 19.1. The molecule has 5 nitrogen and oxygen atoms in total. The van der Waals surface area contributed by atoms with Crippen LogP contribution in [-0.2, 0) is 16.1 Å². The highest BCUT2D eigenvalue weighted by Crippen LogP contribution is 2.31. The maximum atomic E-state index is 14.2. The Kier molecular flexibility index (Phi) is 4.93. The first-order valence-corrected chi connectivity index (χ1v) is 8.50. The summed E-state index contributed by atoms with van der Waals surface area (Å²) < 4.78 is 19.0. The summed E-state index contributed by atoms with van der Waals surface area (Å²) in [5.74, 6) is -1.25. The van der Waals surface area contributed by atoms with Crippen LogP contribution in [0.2, 0.25) is 0 Å². The monoisotopic (exact) mass is 356 g/mol. The smallest absolute Gasteiger partial charge is 0.310 e. The highest BCUT2D eigenvalue weighted by Gasteiger charge is 2.31. The molecule has 26 heavy (non-hydrogen) atoms. The van der Waals surface area contributed by atoms with Crippen molar-refractivity contribution >= 4 is 17.6 Å². The summed E-state index contributed by atoms with van der Waals surface area (Å²) in [6.45, 7) is 2.63. The number of hydrogen-bond acceptors (Lipinski definition) is 4. The molecular weight excluding hydrogens is 335 g/mol. The van der Waals surface area contributed by atoms with Gasteiger partial charge >= 0.3 is 5.97 Å². The molecule has 136 valence electrons. The van der Waals surface area contributed by atoms with Crippen LogP contribution in [0, 0.1) is 11.7 Å². The zero-order chi connectivity index (χ0) is 18.8. The topological polar surface area (TPSA) is 72.6 Å². The van der Waals surface area contributed by atoms with Crippen LogP contribution < -0.4 is 5.73 Å². The fourth-order valence-corrected chi connectivity index (χ4v) is 3.24. The number of methoxy groups -OCH3 is 1. The number of fused-ring (bicyclic) bond motifs is 1. The number of esters is 1. The minimum Gasteiger partial charge on any atom is -0.469 e. The summed E-state index contributed by atoms with van der Waals surface area (Å²) in [6, 6.07) is 9.82. The number of benzene rings is 2. The number of nitrogens with two attached hydrogens (primary N) is 1. The second-order valence-electron chi connectivity index (χ2n) is 6.43. The summed E-state index contributed by atoms with van der Waals surface area (Å²) in [5, 5.41) is 0. The van der Waals surface area contributed by atoms with Crippen LogP contribution in [0.4, 0.5) is 10.1 Å². The van der Waals surface area contributed by atoms with E-state index in [1.807, 2.05) is 13.0 Å². The first-order chi connectivity index (χ1) is 12.4. The predicted molar refractivity (Wildman–Crippen MR) is 96.8 cm³/mol. The van der Waals surface area contributed by atoms with Crippen LogP contribution in [0.25, 0.3) is 11.1 Å². The number of halogens is 1. The Labute approximate surface area is 151 Å². The van der Waals surface area contributed by atoms with Gasteiger partial charge in [0.2, 0.25) is 0 Å². The van der Waals surface area contributed by atoms with Crippen LogP contribution in [-0.4, -0.2) is 30.4 Å². The third-order valence-corrected chi connectivity index (χ3v) is 4.76. The Bertz CT molecular complexity index is 866. The summed E-state index contributed by atoms with van der Waals surface area (Å²) >= 11 is 0. The van der Waals surface area contributed by atoms with Gasteiger partial charge < -0.3 is 15.4 Å². The molecule has 6 heteroatoms. The van der Waals surface area contributed by atoms with E-state index in [0.717, 1.165) is 5.56 Å². The Morgan fingerprint density at radius 3 is 2.69 bits per heavy atom. The first kappa shape index (κ1) is 17.9. The molecule has 3 rings (SSSR count). The van der Waals surface area contributed by atoms with Crippen LogP contribution in [0.5, 0.6) is 0 Å². The van der Waals surface area contributed by atoms with Gasteiger partial charge in [-0.3, -0.25) is 9.59 Å². The maximum absolute atomic E-state index is 14.2. The van der Waals surface area contributed by atoms with Gasteiger partial charge in [0.1, 0.15) is 5.82 Å². The molecule has 0 bridgehead atoms. The van der Waals surface area contributed by atoms with Crippen molar-refractivity contribution in [3.63, 3.8) is 0 Å². The lowest BCUT2D eigenvalue weighted by molar-refractivity contribution is -0.146. The Morgan fingerprint density at radius 2 is 2.04 bits per heavy atom. The number of hydrogen-bond donors (Lipinski definition) is 1. The third-order valence-electron chi connectivity index (χ3n) is 4.76. The molecule has 1 heterocycles. The van der Waals surface area contributed by atoms with Gasteiger partial charge in [-0.2, -0.15) is 0 Å². The number of carbonyl (C=O) groups excluding carboxylic acids is 2. The molecule has 0 aromatic heterocycles. The van der Waals surface area contributed by atoms with Gasteiger partial charge in [0.25, 0.3) is 5.91 Å². The van der Waals surface area contributed by atoms with Crippen LogP contribution in [0.3, 0.4) is 0 Å². The Hall–Kier alpha value is -2.89. The fourth-order valence-electron chi connectivity index (χ4n) is 3.24. The van der Waals surface area contributed by atoms with Gasteiger partial charge in [-0.1, -0.05) is 19.1 Å². The largest absolute Gasteiger partial charge is 0.469 e. The maximum Gasteiger partial charge on any atom is 0.310 e. The lowest BCUT2D eigenvalue weighted by Gasteiger charge is -2.20. The molecule has 0 fully saturated rings. The first-order valence-electron chi connectivity index (χ1n) is 8.50. The molecule has 1 aliphatic rings. The van der Waals surface area contributed by atoms with Crippen molar-refractivity contribution in [2.45, 2.75) is 19.9 Å². The number of carbonyl (C=O) groups is 2. The number of amides is 1. The summed E-state index contributed by atoms with van der Waals surface area (Å²) in [7, 11) is 1.35. The summed E-state index contributed by atoms with van der Waals surface area (Å²) in [5.41, 5.74) is 8.37. The SMILES string of the molecule is CC[C@@H](CN1Cc2ccc(-c3ccc(N)cc3F)cc2C1=O)C(=O)OC. The zero-order valence-corrected chi connectivity index (χ0v) is 14.8. The van der Waals surface area contributed by atoms with Gasteiger partial charge in [-0.15, -0.1) is 0 Å². The number of ether oxygens (including phenoxy) is 1. The number of anilines is 1. The highest BCUT2D eigenvalue weighted by molar-refractivity contribution is 5.99. The fraction of sp³-hybridized carbons (Fsp3) is 0.300. The van der Waals surface area contributed by atoms with Crippen LogP contribution in [0.1, 0.15) is 29.3 Å². The molecule has 0 saturated carbocycles.